The molecule has 1 amide bonds. The number of benzene rings is 3. The Morgan fingerprint density at radius 2 is 1.57 bits per heavy atom. The van der Waals surface area contributed by atoms with E-state index in [9.17, 15) is 4.79 Å². The minimum absolute atomic E-state index is 0.0219. The molecule has 0 bridgehead atoms. The summed E-state index contributed by atoms with van der Waals surface area (Å²) < 4.78 is 13.5. The van der Waals surface area contributed by atoms with E-state index in [1.807, 2.05) is 89.3 Å². The van der Waals surface area contributed by atoms with Crippen molar-refractivity contribution in [1.29, 1.82) is 0 Å². The summed E-state index contributed by atoms with van der Waals surface area (Å²) in [6.07, 6.45) is 0.822. The number of para-hydroxylation sites is 2. The maximum Gasteiger partial charge on any atom is 0.254 e. The van der Waals surface area contributed by atoms with E-state index < -0.39 is 0 Å². The Labute approximate surface area is 206 Å². The Kier molecular flexibility index (Phi) is 7.51. The number of ether oxygens (including phenoxy) is 2. The maximum atomic E-state index is 13.6. The van der Waals surface area contributed by atoms with Gasteiger partial charge in [0.15, 0.2) is 0 Å². The number of nitrogens with zero attached hydrogens (tertiary/aromatic N) is 3. The molecule has 1 aromatic heterocycles. The highest BCUT2D eigenvalue weighted by atomic mass is 16.5. The predicted molar refractivity (Wildman–Crippen MR) is 137 cm³/mol. The molecule has 4 aromatic rings. The van der Waals surface area contributed by atoms with Crippen molar-refractivity contribution in [1.82, 2.24) is 14.7 Å². The number of amides is 1. The minimum Gasteiger partial charge on any atom is -0.497 e. The Bertz CT molecular complexity index is 1250. The van der Waals surface area contributed by atoms with Gasteiger partial charge in [-0.2, -0.15) is 5.10 Å². The highest BCUT2D eigenvalue weighted by Crippen LogP contribution is 2.32. The molecule has 1 atom stereocenters. The van der Waals surface area contributed by atoms with E-state index >= 15 is 0 Å². The van der Waals surface area contributed by atoms with E-state index in [4.69, 9.17) is 14.6 Å². The van der Waals surface area contributed by atoms with Gasteiger partial charge >= 0.3 is 0 Å². The van der Waals surface area contributed by atoms with Crippen molar-refractivity contribution in [3.8, 4) is 23.1 Å². The molecule has 0 aliphatic carbocycles. The van der Waals surface area contributed by atoms with Gasteiger partial charge in [0.25, 0.3) is 5.91 Å². The molecule has 6 nitrogen and oxygen atoms in total. The van der Waals surface area contributed by atoms with E-state index in [1.165, 1.54) is 0 Å². The quantitative estimate of drug-likeness (QED) is 0.284. The van der Waals surface area contributed by atoms with Gasteiger partial charge in [-0.15, -0.1) is 0 Å². The molecule has 35 heavy (non-hydrogen) atoms. The van der Waals surface area contributed by atoms with Gasteiger partial charge < -0.3 is 14.4 Å². The van der Waals surface area contributed by atoms with Crippen LogP contribution >= 0.6 is 0 Å². The summed E-state index contributed by atoms with van der Waals surface area (Å²) in [7, 11) is 1.61. The van der Waals surface area contributed by atoms with Gasteiger partial charge in [-0.25, -0.2) is 4.68 Å². The molecular weight excluding hydrogens is 438 g/mol. The highest BCUT2D eigenvalue weighted by Gasteiger charge is 2.27. The molecule has 6 heteroatoms. The van der Waals surface area contributed by atoms with Crippen molar-refractivity contribution >= 4 is 5.91 Å². The van der Waals surface area contributed by atoms with Crippen molar-refractivity contribution < 1.29 is 14.3 Å². The Balaban J connectivity index is 1.75. The average molecular weight is 470 g/mol. The molecule has 0 fully saturated rings. The largest absolute Gasteiger partial charge is 0.497 e. The standard InChI is InChI=1S/C29H31N3O3/c1-5-21(2)31(28(33)23-16-18-25(34-4)19-17-23)20-27-22(3)30-32(24-12-8-6-9-13-24)29(27)35-26-14-10-7-11-15-26/h6-19,21H,5,20H2,1-4H3/t21-/m1/s1. The molecule has 0 spiro atoms. The van der Waals surface area contributed by atoms with Gasteiger partial charge in [0, 0.05) is 11.6 Å². The second kappa shape index (κ2) is 10.9. The third-order valence-corrected chi connectivity index (χ3v) is 6.14. The molecule has 180 valence electrons. The van der Waals surface area contributed by atoms with Crippen LogP contribution in [0.2, 0.25) is 0 Å². The molecule has 0 saturated carbocycles. The van der Waals surface area contributed by atoms with Crippen LogP contribution in [0.1, 0.15) is 41.9 Å². The lowest BCUT2D eigenvalue weighted by Gasteiger charge is -2.29. The van der Waals surface area contributed by atoms with Crippen LogP contribution in [0.25, 0.3) is 5.69 Å². The fourth-order valence-corrected chi connectivity index (χ4v) is 3.89. The second-order valence-corrected chi connectivity index (χ2v) is 8.45. The van der Waals surface area contributed by atoms with Gasteiger partial charge in [0.05, 0.1) is 30.6 Å². The Hall–Kier alpha value is -4.06. The van der Waals surface area contributed by atoms with E-state index in [0.717, 1.165) is 29.1 Å². The zero-order valence-electron chi connectivity index (χ0n) is 20.6. The van der Waals surface area contributed by atoms with Crippen molar-refractivity contribution in [3.63, 3.8) is 0 Å². The number of hydrogen-bond acceptors (Lipinski definition) is 4. The van der Waals surface area contributed by atoms with E-state index in [0.29, 0.717) is 23.7 Å². The molecule has 0 aliphatic rings. The van der Waals surface area contributed by atoms with Crippen LogP contribution in [0, 0.1) is 6.92 Å². The van der Waals surface area contributed by atoms with Crippen LogP contribution in [0.15, 0.2) is 84.9 Å². The topological polar surface area (TPSA) is 56.6 Å². The highest BCUT2D eigenvalue weighted by molar-refractivity contribution is 5.94. The molecular formula is C29H31N3O3. The summed E-state index contributed by atoms with van der Waals surface area (Å²) in [5.74, 6) is 1.99. The number of methoxy groups -OCH3 is 1. The monoisotopic (exact) mass is 469 g/mol. The fourth-order valence-electron chi connectivity index (χ4n) is 3.89. The smallest absolute Gasteiger partial charge is 0.254 e. The number of rotatable bonds is 9. The number of carbonyl (C=O) groups is 1. The average Bonchev–Trinajstić information content (AvgIpc) is 3.21. The van der Waals surface area contributed by atoms with Crippen molar-refractivity contribution in [2.75, 3.05) is 7.11 Å². The van der Waals surface area contributed by atoms with E-state index in [2.05, 4.69) is 13.8 Å². The summed E-state index contributed by atoms with van der Waals surface area (Å²) in [6, 6.07) is 26.8. The second-order valence-electron chi connectivity index (χ2n) is 8.45. The molecule has 0 N–H and O–H groups in total. The van der Waals surface area contributed by atoms with E-state index in [1.54, 1.807) is 19.2 Å². The number of hydrogen-bond donors (Lipinski definition) is 0. The van der Waals surface area contributed by atoms with Gasteiger partial charge in [-0.05, 0) is 68.8 Å². The first-order chi connectivity index (χ1) is 17.0. The lowest BCUT2D eigenvalue weighted by atomic mass is 10.1. The van der Waals surface area contributed by atoms with Gasteiger partial charge in [-0.1, -0.05) is 43.3 Å². The summed E-state index contributed by atoms with van der Waals surface area (Å²) in [5, 5.41) is 4.81. The zero-order chi connectivity index (χ0) is 24.8. The van der Waals surface area contributed by atoms with Gasteiger partial charge in [0.1, 0.15) is 11.5 Å². The van der Waals surface area contributed by atoms with Crippen molar-refractivity contribution in [2.24, 2.45) is 0 Å². The van der Waals surface area contributed by atoms with E-state index in [-0.39, 0.29) is 11.9 Å². The fraction of sp³-hybridized carbons (Fsp3) is 0.241. The van der Waals surface area contributed by atoms with Crippen molar-refractivity contribution in [3.05, 3.63) is 102 Å². The number of carbonyl (C=O) groups excluding carboxylic acids is 1. The summed E-state index contributed by atoms with van der Waals surface area (Å²) >= 11 is 0. The molecule has 1 heterocycles. The summed E-state index contributed by atoms with van der Waals surface area (Å²) in [4.78, 5) is 15.5. The van der Waals surface area contributed by atoms with Crippen LogP contribution in [-0.2, 0) is 6.54 Å². The number of aryl methyl sites for hydroxylation is 1. The third-order valence-electron chi connectivity index (χ3n) is 6.14. The number of aromatic nitrogens is 2. The van der Waals surface area contributed by atoms with Gasteiger partial charge in [0.2, 0.25) is 5.88 Å². The lowest BCUT2D eigenvalue weighted by molar-refractivity contribution is 0.0670. The van der Waals surface area contributed by atoms with Crippen LogP contribution in [0.5, 0.6) is 17.4 Å². The molecule has 3 aromatic carbocycles. The molecule has 0 saturated heterocycles. The van der Waals surface area contributed by atoms with Crippen LogP contribution in [0.3, 0.4) is 0 Å². The van der Waals surface area contributed by atoms with Crippen LogP contribution in [0.4, 0.5) is 0 Å². The van der Waals surface area contributed by atoms with Gasteiger partial charge in [-0.3, -0.25) is 4.79 Å². The molecule has 0 aliphatic heterocycles. The van der Waals surface area contributed by atoms with Crippen LogP contribution in [-0.4, -0.2) is 33.7 Å². The molecule has 0 unspecified atom stereocenters. The third kappa shape index (κ3) is 5.38. The summed E-state index contributed by atoms with van der Waals surface area (Å²) in [5.41, 5.74) is 3.20. The molecule has 0 radical (unpaired) electrons. The lowest BCUT2D eigenvalue weighted by Crippen LogP contribution is -2.38. The maximum absolute atomic E-state index is 13.6. The SMILES string of the molecule is CC[C@@H](C)N(Cc1c(C)nn(-c2ccccc2)c1Oc1ccccc1)C(=O)c1ccc(OC)cc1. The first kappa shape index (κ1) is 24.1. The first-order valence-corrected chi connectivity index (χ1v) is 11.8. The Morgan fingerprint density at radius 1 is 0.943 bits per heavy atom. The summed E-state index contributed by atoms with van der Waals surface area (Å²) in [6.45, 7) is 6.48. The minimum atomic E-state index is -0.0421. The van der Waals surface area contributed by atoms with Crippen LogP contribution < -0.4 is 9.47 Å². The zero-order valence-corrected chi connectivity index (χ0v) is 20.6. The Morgan fingerprint density at radius 3 is 2.17 bits per heavy atom. The van der Waals surface area contributed by atoms with Crippen molar-refractivity contribution in [2.45, 2.75) is 39.8 Å². The first-order valence-electron chi connectivity index (χ1n) is 11.8. The predicted octanol–water partition coefficient (Wildman–Crippen LogP) is 6.42. The molecule has 4 rings (SSSR count). The normalized spacial score (nSPS) is 11.7.